The lowest BCUT2D eigenvalue weighted by atomic mass is 9.83. The van der Waals surface area contributed by atoms with E-state index in [2.05, 4.69) is 73.4 Å². The summed E-state index contributed by atoms with van der Waals surface area (Å²) < 4.78 is 0. The molecule has 1 aromatic carbocycles. The van der Waals surface area contributed by atoms with Crippen molar-refractivity contribution >= 4 is 27.6 Å². The van der Waals surface area contributed by atoms with Crippen LogP contribution in [0.2, 0.25) is 0 Å². The Labute approximate surface area is 213 Å². The summed E-state index contributed by atoms with van der Waals surface area (Å²) in [7, 11) is 0. The van der Waals surface area contributed by atoms with Gasteiger partial charge in [0.25, 0.3) is 0 Å². The highest BCUT2D eigenvalue weighted by Crippen LogP contribution is 2.35. The molecule has 0 spiro atoms. The zero-order chi connectivity index (χ0) is 24.8. The number of pyridine rings is 3. The number of rotatable bonds is 6. The van der Waals surface area contributed by atoms with E-state index >= 15 is 0 Å². The smallest absolute Gasteiger partial charge is 0.135 e. The first-order valence-electron chi connectivity index (χ1n) is 12.5. The van der Waals surface area contributed by atoms with Gasteiger partial charge in [0, 0.05) is 46.3 Å². The molecule has 0 amide bonds. The molecule has 1 saturated carbocycles. The molecule has 0 aliphatic heterocycles. The Balaban J connectivity index is 1.26. The lowest BCUT2D eigenvalue weighted by Crippen LogP contribution is -2.18. The number of H-pyrrole nitrogens is 2. The first-order valence-corrected chi connectivity index (χ1v) is 12.5. The second kappa shape index (κ2) is 8.71. The Morgan fingerprint density at radius 2 is 1.84 bits per heavy atom. The predicted octanol–water partition coefficient (Wildman–Crippen LogP) is 6.96. The van der Waals surface area contributed by atoms with Crippen molar-refractivity contribution in [1.82, 2.24) is 30.1 Å². The van der Waals surface area contributed by atoms with Crippen LogP contribution < -0.4 is 5.32 Å². The Morgan fingerprint density at radius 3 is 2.68 bits per heavy atom. The molecule has 7 nitrogen and oxygen atoms in total. The third-order valence-electron chi connectivity index (χ3n) is 7.24. The number of anilines is 1. The topological polar surface area (TPSA) is 95.2 Å². The van der Waals surface area contributed by atoms with Crippen molar-refractivity contribution in [3.05, 3.63) is 91.7 Å². The van der Waals surface area contributed by atoms with Gasteiger partial charge in [-0.1, -0.05) is 31.2 Å². The van der Waals surface area contributed by atoms with Gasteiger partial charge in [-0.2, -0.15) is 5.10 Å². The summed E-state index contributed by atoms with van der Waals surface area (Å²) in [6.07, 6.45) is 11.0. The Hall–Kier alpha value is -4.78. The molecule has 37 heavy (non-hydrogen) atoms. The monoisotopic (exact) mass is 483 g/mol. The molecule has 1 fully saturated rings. The van der Waals surface area contributed by atoms with Gasteiger partial charge in [-0.15, -0.1) is 0 Å². The summed E-state index contributed by atoms with van der Waals surface area (Å²) in [5.74, 6) is 0.557. The number of hydrogen-bond donors (Lipinski definition) is 3. The van der Waals surface area contributed by atoms with Crippen molar-refractivity contribution < 1.29 is 0 Å². The minimum Gasteiger partial charge on any atom is -0.358 e. The number of nitrogens with zero attached hydrogens (tertiary/aromatic N) is 4. The van der Waals surface area contributed by atoms with Crippen LogP contribution in [0.1, 0.15) is 19.3 Å². The lowest BCUT2D eigenvalue weighted by Gasteiger charge is -2.28. The highest BCUT2D eigenvalue weighted by Gasteiger charge is 2.21. The molecule has 6 aromatic rings. The second-order valence-corrected chi connectivity index (χ2v) is 9.60. The quantitative estimate of drug-likeness (QED) is 0.238. The molecule has 7 heteroatoms. The second-order valence-electron chi connectivity index (χ2n) is 9.60. The maximum atomic E-state index is 5.00. The number of hydrogen-bond acceptors (Lipinski definition) is 5. The normalized spacial score (nSPS) is 13.6. The maximum Gasteiger partial charge on any atom is 0.135 e. The largest absolute Gasteiger partial charge is 0.358 e. The van der Waals surface area contributed by atoms with Crippen LogP contribution in [-0.2, 0) is 0 Å². The van der Waals surface area contributed by atoms with Crippen LogP contribution in [0.5, 0.6) is 0 Å². The third-order valence-corrected chi connectivity index (χ3v) is 7.24. The molecule has 5 heterocycles. The van der Waals surface area contributed by atoms with E-state index in [4.69, 9.17) is 4.98 Å². The van der Waals surface area contributed by atoms with Gasteiger partial charge in [0.2, 0.25) is 0 Å². The Bertz CT molecular complexity index is 1760. The molecule has 7 rings (SSSR count). The number of nitrogens with one attached hydrogen (secondary N) is 3. The molecule has 0 bridgehead atoms. The van der Waals surface area contributed by atoms with Gasteiger partial charge in [-0.3, -0.25) is 15.1 Å². The van der Waals surface area contributed by atoms with E-state index in [1.807, 2.05) is 36.8 Å². The highest BCUT2D eigenvalue weighted by atomic mass is 15.1. The van der Waals surface area contributed by atoms with Crippen LogP contribution in [0, 0.1) is 5.92 Å². The van der Waals surface area contributed by atoms with E-state index in [1.54, 1.807) is 6.20 Å². The molecule has 0 radical (unpaired) electrons. The third kappa shape index (κ3) is 3.85. The van der Waals surface area contributed by atoms with Gasteiger partial charge >= 0.3 is 0 Å². The minimum atomic E-state index is 0.557. The van der Waals surface area contributed by atoms with Gasteiger partial charge in [-0.25, -0.2) is 4.98 Å². The van der Waals surface area contributed by atoms with Crippen LogP contribution >= 0.6 is 0 Å². The van der Waals surface area contributed by atoms with E-state index in [-0.39, 0.29) is 0 Å². The average Bonchev–Trinajstić information content (AvgIpc) is 3.52. The number of aromatic amines is 2. The molecular formula is C30H25N7. The fraction of sp³-hybridized carbons (Fsp3) is 0.133. The molecule has 1 aliphatic carbocycles. The van der Waals surface area contributed by atoms with Crippen molar-refractivity contribution in [3.63, 3.8) is 0 Å². The summed E-state index contributed by atoms with van der Waals surface area (Å²) in [6, 6.07) is 18.5. The van der Waals surface area contributed by atoms with Gasteiger partial charge < -0.3 is 10.3 Å². The van der Waals surface area contributed by atoms with Crippen molar-refractivity contribution in [2.45, 2.75) is 19.3 Å². The fourth-order valence-electron chi connectivity index (χ4n) is 5.00. The number of fused-ring (bicyclic) bond motifs is 2. The number of allylic oxidation sites excluding steroid dienone is 1. The van der Waals surface area contributed by atoms with E-state index in [9.17, 15) is 0 Å². The molecule has 0 unspecified atom stereocenters. The molecule has 180 valence electrons. The van der Waals surface area contributed by atoms with Gasteiger partial charge in [0.05, 0.1) is 28.8 Å². The van der Waals surface area contributed by atoms with Crippen LogP contribution in [0.3, 0.4) is 0 Å². The first kappa shape index (κ1) is 21.5. The summed E-state index contributed by atoms with van der Waals surface area (Å²) in [5.41, 5.74) is 10.4. The Kier molecular flexibility index (Phi) is 5.06. The van der Waals surface area contributed by atoms with Crippen molar-refractivity contribution in [3.8, 4) is 33.8 Å². The van der Waals surface area contributed by atoms with E-state index in [0.29, 0.717) is 5.92 Å². The minimum absolute atomic E-state index is 0.557. The zero-order valence-electron chi connectivity index (χ0n) is 20.2. The van der Waals surface area contributed by atoms with Crippen molar-refractivity contribution in [2.75, 3.05) is 5.32 Å². The summed E-state index contributed by atoms with van der Waals surface area (Å²) >= 11 is 0. The van der Waals surface area contributed by atoms with Gasteiger partial charge in [0.1, 0.15) is 11.2 Å². The SMILES string of the molecule is C=C(Nc1cncc(-c2ccc3[nH]nc(-c4cc5c(-c6cccnc6)cccc5[nH]4)c3n2)c1)C1CCC1. The number of aromatic nitrogens is 6. The fourth-order valence-corrected chi connectivity index (χ4v) is 5.00. The lowest BCUT2D eigenvalue weighted by molar-refractivity contribution is 0.371. The van der Waals surface area contributed by atoms with E-state index in [1.165, 1.54) is 19.3 Å². The summed E-state index contributed by atoms with van der Waals surface area (Å²) in [4.78, 5) is 17.3. The van der Waals surface area contributed by atoms with Crippen molar-refractivity contribution in [2.24, 2.45) is 5.92 Å². The van der Waals surface area contributed by atoms with Gasteiger partial charge in [0.15, 0.2) is 0 Å². The summed E-state index contributed by atoms with van der Waals surface area (Å²) in [6.45, 7) is 4.22. The van der Waals surface area contributed by atoms with Crippen LogP contribution in [0.15, 0.2) is 91.7 Å². The Morgan fingerprint density at radius 1 is 0.919 bits per heavy atom. The molecular weight excluding hydrogens is 458 g/mol. The van der Waals surface area contributed by atoms with Crippen LogP contribution in [-0.4, -0.2) is 30.1 Å². The molecule has 0 saturated heterocycles. The number of benzene rings is 1. The molecule has 3 N–H and O–H groups in total. The zero-order valence-corrected chi connectivity index (χ0v) is 20.2. The van der Waals surface area contributed by atoms with Crippen LogP contribution in [0.4, 0.5) is 5.69 Å². The highest BCUT2D eigenvalue weighted by molar-refractivity contribution is 6.00. The maximum absolute atomic E-state index is 5.00. The van der Waals surface area contributed by atoms with Crippen LogP contribution in [0.25, 0.3) is 55.7 Å². The average molecular weight is 484 g/mol. The van der Waals surface area contributed by atoms with Gasteiger partial charge in [-0.05, 0) is 60.7 Å². The standard InChI is InChI=1S/C30H25N7/c1-18(19-5-2-6-19)33-22-13-21(16-32-17-22)25-10-11-27-29(35-25)30(37-36-27)28-14-24-23(8-3-9-26(24)34-28)20-7-4-12-31-15-20/h3-4,7-17,19,33-34H,1-2,5-6H2,(H,36,37). The van der Waals surface area contributed by atoms with E-state index in [0.717, 1.165) is 67.1 Å². The summed E-state index contributed by atoms with van der Waals surface area (Å²) in [5, 5.41) is 12.3. The molecule has 5 aromatic heterocycles. The molecule has 0 atom stereocenters. The van der Waals surface area contributed by atoms with E-state index < -0.39 is 0 Å². The predicted molar refractivity (Wildman–Crippen MR) is 148 cm³/mol. The molecule has 1 aliphatic rings. The van der Waals surface area contributed by atoms with Crippen molar-refractivity contribution in [1.29, 1.82) is 0 Å². The first-order chi connectivity index (χ1) is 18.2.